The van der Waals surface area contributed by atoms with Crippen LogP contribution in [-0.2, 0) is 7.05 Å². The third-order valence-corrected chi connectivity index (χ3v) is 2.48. The summed E-state index contributed by atoms with van der Waals surface area (Å²) in [5, 5.41) is 11.5. The summed E-state index contributed by atoms with van der Waals surface area (Å²) in [5.41, 5.74) is 0.470. The van der Waals surface area contributed by atoms with Crippen LogP contribution in [0, 0.1) is 0 Å². The maximum Gasteiger partial charge on any atom is 0.268 e. The molecule has 0 atom stereocenters. The summed E-state index contributed by atoms with van der Waals surface area (Å²) in [6.45, 7) is 0. The lowest BCUT2D eigenvalue weighted by molar-refractivity contribution is 0.685. The highest BCUT2D eigenvalue weighted by atomic mass is 16.1. The van der Waals surface area contributed by atoms with Gasteiger partial charge in [-0.15, -0.1) is 0 Å². The van der Waals surface area contributed by atoms with Gasteiger partial charge in [0.25, 0.3) is 11.5 Å². The van der Waals surface area contributed by atoms with Crippen LogP contribution in [-0.4, -0.2) is 29.8 Å². The molecule has 0 spiro atoms. The molecule has 1 aromatic carbocycles. The van der Waals surface area contributed by atoms with Crippen LogP contribution in [0.1, 0.15) is 0 Å². The van der Waals surface area contributed by atoms with Crippen molar-refractivity contribution in [3.05, 3.63) is 40.9 Å². The Labute approximate surface area is 95.3 Å². The van der Waals surface area contributed by atoms with Crippen LogP contribution in [0.4, 0.5) is 0 Å². The number of aryl methyl sites for hydroxylation is 1. The summed E-state index contributed by atoms with van der Waals surface area (Å²) < 4.78 is 2.74. The van der Waals surface area contributed by atoms with E-state index in [-0.39, 0.29) is 5.56 Å². The summed E-state index contributed by atoms with van der Waals surface area (Å²) >= 11 is 0. The van der Waals surface area contributed by atoms with Crippen molar-refractivity contribution in [3.8, 4) is 5.95 Å². The third kappa shape index (κ3) is 1.40. The first-order valence-corrected chi connectivity index (χ1v) is 4.96. The quantitative estimate of drug-likeness (QED) is 0.581. The molecule has 0 aliphatic carbocycles. The minimum atomic E-state index is -0.187. The number of fused-ring (bicyclic) bond motifs is 1. The van der Waals surface area contributed by atoms with Crippen LogP contribution in [0.3, 0.4) is 0 Å². The second-order valence-electron chi connectivity index (χ2n) is 3.54. The highest BCUT2D eigenvalue weighted by molar-refractivity contribution is 5.77. The highest BCUT2D eigenvalue weighted by Crippen LogP contribution is 2.06. The molecule has 0 saturated carbocycles. The van der Waals surface area contributed by atoms with Crippen molar-refractivity contribution in [2.24, 2.45) is 7.05 Å². The van der Waals surface area contributed by atoms with Gasteiger partial charge in [-0.1, -0.05) is 17.2 Å². The van der Waals surface area contributed by atoms with E-state index in [4.69, 9.17) is 0 Å². The molecular weight excluding hydrogens is 220 g/mol. The lowest BCUT2D eigenvalue weighted by atomic mass is 10.2. The Balaban J connectivity index is 2.37. The SMILES string of the molecule is Cn1nnnc1-n1cnc2ccccc2c1=O. The van der Waals surface area contributed by atoms with Gasteiger partial charge in [0.2, 0.25) is 0 Å². The van der Waals surface area contributed by atoms with Crippen LogP contribution < -0.4 is 5.56 Å². The van der Waals surface area contributed by atoms with Crippen molar-refractivity contribution in [2.75, 3.05) is 0 Å². The Hall–Kier alpha value is -2.57. The molecule has 3 rings (SSSR count). The van der Waals surface area contributed by atoms with Gasteiger partial charge in [0.15, 0.2) is 0 Å². The maximum absolute atomic E-state index is 12.2. The van der Waals surface area contributed by atoms with E-state index in [1.807, 2.05) is 6.07 Å². The Morgan fingerprint density at radius 2 is 2.06 bits per heavy atom. The highest BCUT2D eigenvalue weighted by Gasteiger charge is 2.09. The lowest BCUT2D eigenvalue weighted by Gasteiger charge is -2.03. The lowest BCUT2D eigenvalue weighted by Crippen LogP contribution is -2.21. The van der Waals surface area contributed by atoms with Crippen molar-refractivity contribution >= 4 is 10.9 Å². The van der Waals surface area contributed by atoms with Gasteiger partial charge in [0.1, 0.15) is 6.33 Å². The number of rotatable bonds is 1. The van der Waals surface area contributed by atoms with Gasteiger partial charge in [-0.05, 0) is 22.6 Å². The molecule has 3 aromatic rings. The smallest absolute Gasteiger partial charge is 0.268 e. The molecule has 7 heteroatoms. The largest absolute Gasteiger partial charge is 0.268 e. The van der Waals surface area contributed by atoms with E-state index in [0.717, 1.165) is 0 Å². The van der Waals surface area contributed by atoms with Crippen molar-refractivity contribution in [1.29, 1.82) is 0 Å². The molecule has 7 nitrogen and oxygen atoms in total. The molecule has 84 valence electrons. The molecule has 0 unspecified atom stereocenters. The van der Waals surface area contributed by atoms with E-state index < -0.39 is 0 Å². The first-order valence-electron chi connectivity index (χ1n) is 4.96. The van der Waals surface area contributed by atoms with Gasteiger partial charge in [0.05, 0.1) is 10.9 Å². The first kappa shape index (κ1) is 9.64. The molecule has 2 heterocycles. The molecule has 0 radical (unpaired) electrons. The maximum atomic E-state index is 12.2. The molecule has 0 N–H and O–H groups in total. The summed E-state index contributed by atoms with van der Waals surface area (Å²) in [5.74, 6) is 0.341. The minimum absolute atomic E-state index is 0.187. The number of para-hydroxylation sites is 1. The van der Waals surface area contributed by atoms with Crippen molar-refractivity contribution < 1.29 is 0 Å². The molecule has 0 bridgehead atoms. The average Bonchev–Trinajstić information content (AvgIpc) is 2.76. The number of nitrogens with zero attached hydrogens (tertiary/aromatic N) is 6. The molecule has 2 aromatic heterocycles. The van der Waals surface area contributed by atoms with Crippen LogP contribution in [0.5, 0.6) is 0 Å². The van der Waals surface area contributed by atoms with E-state index >= 15 is 0 Å². The summed E-state index contributed by atoms with van der Waals surface area (Å²) in [4.78, 5) is 16.4. The van der Waals surface area contributed by atoms with Gasteiger partial charge in [-0.25, -0.2) is 14.2 Å². The predicted molar refractivity (Wildman–Crippen MR) is 59.7 cm³/mol. The third-order valence-electron chi connectivity index (χ3n) is 2.48. The summed E-state index contributed by atoms with van der Waals surface area (Å²) in [7, 11) is 1.66. The molecule has 0 aliphatic heterocycles. The number of tetrazole rings is 1. The number of benzene rings is 1. The van der Waals surface area contributed by atoms with Gasteiger partial charge >= 0.3 is 0 Å². The predicted octanol–water partition coefficient (Wildman–Crippen LogP) is -0.0908. The Kier molecular flexibility index (Phi) is 1.97. The van der Waals surface area contributed by atoms with Gasteiger partial charge < -0.3 is 0 Å². The topological polar surface area (TPSA) is 78.5 Å². The normalized spacial score (nSPS) is 10.9. The number of aromatic nitrogens is 6. The fourth-order valence-corrected chi connectivity index (χ4v) is 1.64. The zero-order chi connectivity index (χ0) is 11.8. The summed E-state index contributed by atoms with van der Waals surface area (Å²) in [6, 6.07) is 7.15. The van der Waals surface area contributed by atoms with Crippen LogP contribution in [0.15, 0.2) is 35.4 Å². The zero-order valence-electron chi connectivity index (χ0n) is 8.98. The van der Waals surface area contributed by atoms with Crippen LogP contribution in [0.2, 0.25) is 0 Å². The average molecular weight is 228 g/mol. The van der Waals surface area contributed by atoms with Gasteiger partial charge in [0, 0.05) is 7.05 Å². The van der Waals surface area contributed by atoms with Crippen molar-refractivity contribution in [1.82, 2.24) is 29.8 Å². The fraction of sp³-hybridized carbons (Fsp3) is 0.100. The molecular formula is C10H8N6O. The molecule has 0 aliphatic rings. The molecule has 0 saturated heterocycles. The van der Waals surface area contributed by atoms with E-state index in [1.165, 1.54) is 15.6 Å². The Morgan fingerprint density at radius 1 is 1.24 bits per heavy atom. The van der Waals surface area contributed by atoms with Crippen LogP contribution >= 0.6 is 0 Å². The Bertz CT molecular complexity index is 744. The van der Waals surface area contributed by atoms with E-state index in [1.54, 1.807) is 25.2 Å². The first-order chi connectivity index (χ1) is 8.27. The fourth-order valence-electron chi connectivity index (χ4n) is 1.64. The molecule has 0 amide bonds. The van der Waals surface area contributed by atoms with Crippen molar-refractivity contribution in [2.45, 2.75) is 0 Å². The number of hydrogen-bond acceptors (Lipinski definition) is 5. The van der Waals surface area contributed by atoms with Gasteiger partial charge in [-0.3, -0.25) is 4.79 Å². The van der Waals surface area contributed by atoms with E-state index in [2.05, 4.69) is 20.5 Å². The molecule has 0 fully saturated rings. The van der Waals surface area contributed by atoms with E-state index in [9.17, 15) is 4.79 Å². The zero-order valence-corrected chi connectivity index (χ0v) is 8.98. The standard InChI is InChI=1S/C10H8N6O/c1-15-10(12-13-14-15)16-6-11-8-5-3-2-4-7(8)9(16)17/h2-6H,1H3. The minimum Gasteiger partial charge on any atom is -0.268 e. The summed E-state index contributed by atoms with van der Waals surface area (Å²) in [6.07, 6.45) is 1.43. The van der Waals surface area contributed by atoms with E-state index in [0.29, 0.717) is 16.9 Å². The van der Waals surface area contributed by atoms with Gasteiger partial charge in [-0.2, -0.15) is 0 Å². The molecule has 17 heavy (non-hydrogen) atoms. The second kappa shape index (κ2) is 3.48. The monoisotopic (exact) mass is 228 g/mol. The van der Waals surface area contributed by atoms with Crippen LogP contribution in [0.25, 0.3) is 16.9 Å². The second-order valence-corrected chi connectivity index (χ2v) is 3.54. The van der Waals surface area contributed by atoms with Crippen molar-refractivity contribution in [3.63, 3.8) is 0 Å². The number of hydrogen-bond donors (Lipinski definition) is 0. The Morgan fingerprint density at radius 3 is 2.82 bits per heavy atom.